The van der Waals surface area contributed by atoms with Crippen LogP contribution in [0.2, 0.25) is 0 Å². The van der Waals surface area contributed by atoms with E-state index in [4.69, 9.17) is 0 Å². The Balaban J connectivity index is 2.43. The van der Waals surface area contributed by atoms with Crippen molar-refractivity contribution in [1.29, 1.82) is 0 Å². The van der Waals surface area contributed by atoms with Gasteiger partial charge in [0.2, 0.25) is 0 Å². The van der Waals surface area contributed by atoms with E-state index in [0.717, 1.165) is 16.0 Å². The number of aromatic nitrogens is 1. The fraction of sp³-hybridized carbons (Fsp3) is 0.583. The van der Waals surface area contributed by atoms with Gasteiger partial charge in [-0.3, -0.25) is 0 Å². The predicted molar refractivity (Wildman–Crippen MR) is 75.0 cm³/mol. The second-order valence-corrected chi connectivity index (χ2v) is 6.19. The van der Waals surface area contributed by atoms with E-state index >= 15 is 0 Å². The summed E-state index contributed by atoms with van der Waals surface area (Å²) in [4.78, 5) is 4.37. The van der Waals surface area contributed by atoms with Crippen LogP contribution in [0.15, 0.2) is 27.8 Å². The molecule has 0 saturated heterocycles. The molecule has 0 bridgehead atoms. The van der Waals surface area contributed by atoms with Crippen LogP contribution >= 0.6 is 27.7 Å². The molecule has 0 spiro atoms. The van der Waals surface area contributed by atoms with E-state index in [-0.39, 0.29) is 0 Å². The van der Waals surface area contributed by atoms with E-state index in [1.807, 2.05) is 24.0 Å². The number of pyridine rings is 1. The first-order chi connectivity index (χ1) is 7.63. The van der Waals surface area contributed by atoms with Crippen molar-refractivity contribution in [2.75, 3.05) is 6.54 Å². The lowest BCUT2D eigenvalue weighted by atomic mass is 10.2. The van der Waals surface area contributed by atoms with Gasteiger partial charge in [-0.05, 0) is 48.0 Å². The van der Waals surface area contributed by atoms with E-state index in [0.29, 0.717) is 11.3 Å². The monoisotopic (exact) mass is 302 g/mol. The van der Waals surface area contributed by atoms with Crippen molar-refractivity contribution in [3.05, 3.63) is 22.8 Å². The van der Waals surface area contributed by atoms with Gasteiger partial charge in [-0.25, -0.2) is 4.98 Å². The lowest BCUT2D eigenvalue weighted by molar-refractivity contribution is 0.542. The van der Waals surface area contributed by atoms with Crippen molar-refractivity contribution in [3.8, 4) is 0 Å². The normalized spacial score (nSPS) is 14.8. The third kappa shape index (κ3) is 4.85. The molecule has 0 radical (unpaired) electrons. The molecule has 2 nitrogen and oxygen atoms in total. The lowest BCUT2D eigenvalue weighted by Gasteiger charge is -2.20. The Morgan fingerprint density at radius 1 is 1.44 bits per heavy atom. The Morgan fingerprint density at radius 3 is 2.75 bits per heavy atom. The number of nitrogens with one attached hydrogen (secondary N) is 1. The zero-order valence-corrected chi connectivity index (χ0v) is 12.4. The molecular formula is C12H19BrN2S. The highest BCUT2D eigenvalue weighted by Crippen LogP contribution is 2.24. The van der Waals surface area contributed by atoms with Crippen molar-refractivity contribution in [3.63, 3.8) is 0 Å². The number of nitrogens with zero attached hydrogens (tertiary/aromatic N) is 1. The van der Waals surface area contributed by atoms with Gasteiger partial charge >= 0.3 is 0 Å². The third-order valence-electron chi connectivity index (χ3n) is 2.43. The SMILES string of the molecule is CCCNC(C)C(C)Sc1ccc(Br)cn1. The van der Waals surface area contributed by atoms with Crippen molar-refractivity contribution in [2.45, 2.75) is 43.5 Å². The molecule has 0 fully saturated rings. The number of halogens is 1. The molecular weight excluding hydrogens is 284 g/mol. The number of rotatable bonds is 6. The van der Waals surface area contributed by atoms with Gasteiger partial charge in [0.05, 0.1) is 5.03 Å². The zero-order valence-electron chi connectivity index (χ0n) is 10.0. The maximum absolute atomic E-state index is 4.37. The molecule has 2 unspecified atom stereocenters. The predicted octanol–water partition coefficient (Wildman–Crippen LogP) is 3.71. The molecule has 1 aromatic rings. The molecule has 4 heteroatoms. The van der Waals surface area contributed by atoms with Gasteiger partial charge in [-0.2, -0.15) is 0 Å². The molecule has 1 rings (SSSR count). The summed E-state index contributed by atoms with van der Waals surface area (Å²) in [6.07, 6.45) is 3.03. The van der Waals surface area contributed by atoms with Crippen LogP contribution in [0.4, 0.5) is 0 Å². The largest absolute Gasteiger partial charge is 0.313 e. The van der Waals surface area contributed by atoms with Crippen LogP contribution in [-0.2, 0) is 0 Å². The topological polar surface area (TPSA) is 24.9 Å². The molecule has 1 aromatic heterocycles. The first kappa shape index (κ1) is 14.0. The van der Waals surface area contributed by atoms with Crippen molar-refractivity contribution in [2.24, 2.45) is 0 Å². The molecule has 0 amide bonds. The van der Waals surface area contributed by atoms with E-state index in [2.05, 4.69) is 53.1 Å². The molecule has 16 heavy (non-hydrogen) atoms. The summed E-state index contributed by atoms with van der Waals surface area (Å²) in [5, 5.41) is 5.12. The van der Waals surface area contributed by atoms with Gasteiger partial charge < -0.3 is 5.32 Å². The molecule has 1 heterocycles. The Bertz CT molecular complexity index is 302. The molecule has 0 aromatic carbocycles. The molecule has 90 valence electrons. The Morgan fingerprint density at radius 2 is 2.19 bits per heavy atom. The van der Waals surface area contributed by atoms with Gasteiger partial charge in [-0.1, -0.05) is 13.8 Å². The summed E-state index contributed by atoms with van der Waals surface area (Å²) < 4.78 is 1.03. The summed E-state index contributed by atoms with van der Waals surface area (Å²) in [7, 11) is 0. The van der Waals surface area contributed by atoms with Gasteiger partial charge in [0.15, 0.2) is 0 Å². The van der Waals surface area contributed by atoms with E-state index in [9.17, 15) is 0 Å². The van der Waals surface area contributed by atoms with Gasteiger partial charge in [-0.15, -0.1) is 11.8 Å². The summed E-state index contributed by atoms with van der Waals surface area (Å²) in [6.45, 7) is 7.74. The summed E-state index contributed by atoms with van der Waals surface area (Å²) in [5.41, 5.74) is 0. The minimum atomic E-state index is 0.510. The number of hydrogen-bond acceptors (Lipinski definition) is 3. The molecule has 0 saturated carbocycles. The molecule has 0 aliphatic carbocycles. The summed E-state index contributed by atoms with van der Waals surface area (Å²) in [6, 6.07) is 4.60. The first-order valence-electron chi connectivity index (χ1n) is 5.65. The van der Waals surface area contributed by atoms with E-state index in [1.54, 1.807) is 0 Å². The average Bonchev–Trinajstić information content (AvgIpc) is 2.29. The average molecular weight is 303 g/mol. The van der Waals surface area contributed by atoms with E-state index < -0.39 is 0 Å². The molecule has 0 aliphatic heterocycles. The second kappa shape index (κ2) is 7.30. The highest BCUT2D eigenvalue weighted by atomic mass is 79.9. The maximum Gasteiger partial charge on any atom is 0.0963 e. The van der Waals surface area contributed by atoms with Crippen LogP contribution in [0.25, 0.3) is 0 Å². The van der Waals surface area contributed by atoms with Gasteiger partial charge in [0, 0.05) is 22.0 Å². The van der Waals surface area contributed by atoms with Gasteiger partial charge in [0.25, 0.3) is 0 Å². The Kier molecular flexibility index (Phi) is 6.39. The Labute approximate surface area is 111 Å². The van der Waals surface area contributed by atoms with Crippen molar-refractivity contribution in [1.82, 2.24) is 10.3 Å². The van der Waals surface area contributed by atoms with Gasteiger partial charge in [0.1, 0.15) is 0 Å². The van der Waals surface area contributed by atoms with Crippen LogP contribution in [0.5, 0.6) is 0 Å². The molecule has 1 N–H and O–H groups in total. The van der Waals surface area contributed by atoms with Crippen LogP contribution in [-0.4, -0.2) is 22.8 Å². The zero-order chi connectivity index (χ0) is 12.0. The van der Waals surface area contributed by atoms with Crippen LogP contribution in [0, 0.1) is 0 Å². The van der Waals surface area contributed by atoms with Crippen molar-refractivity contribution >= 4 is 27.7 Å². The molecule has 0 aliphatic rings. The quantitative estimate of drug-likeness (QED) is 0.811. The van der Waals surface area contributed by atoms with Crippen LogP contribution in [0.3, 0.4) is 0 Å². The second-order valence-electron chi connectivity index (χ2n) is 3.88. The smallest absolute Gasteiger partial charge is 0.0963 e. The fourth-order valence-electron chi connectivity index (χ4n) is 1.26. The lowest BCUT2D eigenvalue weighted by Crippen LogP contribution is -2.34. The summed E-state index contributed by atoms with van der Waals surface area (Å²) >= 11 is 5.21. The first-order valence-corrected chi connectivity index (χ1v) is 7.32. The standard InChI is InChI=1S/C12H19BrN2S/c1-4-7-14-9(2)10(3)16-12-6-5-11(13)8-15-12/h5-6,8-10,14H,4,7H2,1-3H3. The molecule has 2 atom stereocenters. The minimum Gasteiger partial charge on any atom is -0.313 e. The van der Waals surface area contributed by atoms with E-state index in [1.165, 1.54) is 6.42 Å². The number of hydrogen-bond donors (Lipinski definition) is 1. The third-order valence-corrected chi connectivity index (χ3v) is 4.16. The maximum atomic E-state index is 4.37. The summed E-state index contributed by atoms with van der Waals surface area (Å²) in [5.74, 6) is 0. The minimum absolute atomic E-state index is 0.510. The van der Waals surface area contributed by atoms with Crippen molar-refractivity contribution < 1.29 is 0 Å². The number of thioether (sulfide) groups is 1. The highest BCUT2D eigenvalue weighted by Gasteiger charge is 2.12. The van der Waals surface area contributed by atoms with Crippen LogP contribution in [0.1, 0.15) is 27.2 Å². The Hall–Kier alpha value is -0.0600. The van der Waals surface area contributed by atoms with Crippen LogP contribution < -0.4 is 5.32 Å². The fourth-order valence-corrected chi connectivity index (χ4v) is 2.44. The highest BCUT2D eigenvalue weighted by molar-refractivity contribution is 9.10.